The zero-order valence-electron chi connectivity index (χ0n) is 16.8. The lowest BCUT2D eigenvalue weighted by atomic mass is 9.95. The number of Topliss-reactive ketones (excluding diaryl/α,β-unsaturated/α-hetero) is 1. The molecule has 0 saturated carbocycles. The van der Waals surface area contributed by atoms with Crippen LogP contribution in [0.2, 0.25) is 0 Å². The number of nitro benzene ring substituents is 2. The van der Waals surface area contributed by atoms with E-state index in [0.29, 0.717) is 11.1 Å². The van der Waals surface area contributed by atoms with Crippen molar-refractivity contribution in [3.8, 4) is 0 Å². The van der Waals surface area contributed by atoms with Gasteiger partial charge in [0.05, 0.1) is 21.5 Å². The van der Waals surface area contributed by atoms with Gasteiger partial charge in [-0.15, -0.1) is 0 Å². The van der Waals surface area contributed by atoms with Crippen LogP contribution in [0.1, 0.15) is 17.2 Å². The number of hydrogen-bond donors (Lipinski definition) is 1. The van der Waals surface area contributed by atoms with E-state index in [9.17, 15) is 34.9 Å². The van der Waals surface area contributed by atoms with Crippen molar-refractivity contribution in [2.45, 2.75) is 6.04 Å². The minimum Gasteiger partial charge on any atom is -0.507 e. The van der Waals surface area contributed by atoms with E-state index < -0.39 is 33.3 Å². The monoisotopic (exact) mass is 445 g/mol. The van der Waals surface area contributed by atoms with Gasteiger partial charge in [-0.1, -0.05) is 30.3 Å². The lowest BCUT2D eigenvalue weighted by Crippen LogP contribution is -2.29. The summed E-state index contributed by atoms with van der Waals surface area (Å²) in [5, 5.41) is 33.0. The quantitative estimate of drug-likeness (QED) is 0.204. The van der Waals surface area contributed by atoms with E-state index in [-0.39, 0.29) is 22.6 Å². The van der Waals surface area contributed by atoms with Crippen LogP contribution in [0, 0.1) is 20.2 Å². The SMILES string of the molecule is O=C1C(=O)N(c2ccc([N+](=O)[O-])cc2)C(c2ccc([N+](=O)[O-])cc2)/C1=C(\O)c1ccccc1. The summed E-state index contributed by atoms with van der Waals surface area (Å²) in [5.41, 5.74) is 0.263. The molecule has 1 heterocycles. The number of carbonyl (C=O) groups is 2. The van der Waals surface area contributed by atoms with E-state index in [0.717, 1.165) is 4.90 Å². The van der Waals surface area contributed by atoms with Crippen LogP contribution in [0.4, 0.5) is 17.1 Å². The Kier molecular flexibility index (Phi) is 5.41. The minimum absolute atomic E-state index is 0.186. The van der Waals surface area contributed by atoms with Gasteiger partial charge in [-0.25, -0.2) is 0 Å². The average Bonchev–Trinajstić information content (AvgIpc) is 3.09. The summed E-state index contributed by atoms with van der Waals surface area (Å²) in [6.07, 6.45) is 0. The van der Waals surface area contributed by atoms with Gasteiger partial charge in [0.1, 0.15) is 5.76 Å². The van der Waals surface area contributed by atoms with E-state index in [1.54, 1.807) is 30.3 Å². The van der Waals surface area contributed by atoms with E-state index >= 15 is 0 Å². The third-order valence-electron chi connectivity index (χ3n) is 5.25. The molecule has 1 N–H and O–H groups in total. The fourth-order valence-electron chi connectivity index (χ4n) is 3.68. The highest BCUT2D eigenvalue weighted by Gasteiger charge is 2.47. The first kappa shape index (κ1) is 21.4. The van der Waals surface area contributed by atoms with Crippen LogP contribution in [0.25, 0.3) is 5.76 Å². The van der Waals surface area contributed by atoms with Gasteiger partial charge >= 0.3 is 0 Å². The Bertz CT molecular complexity index is 1300. The maximum Gasteiger partial charge on any atom is 0.300 e. The van der Waals surface area contributed by atoms with Gasteiger partial charge in [0, 0.05) is 35.5 Å². The van der Waals surface area contributed by atoms with Crippen LogP contribution in [-0.2, 0) is 9.59 Å². The van der Waals surface area contributed by atoms with Crippen molar-refractivity contribution in [3.63, 3.8) is 0 Å². The van der Waals surface area contributed by atoms with Crippen LogP contribution >= 0.6 is 0 Å². The van der Waals surface area contributed by atoms with Gasteiger partial charge in [0.25, 0.3) is 23.1 Å². The van der Waals surface area contributed by atoms with Crippen LogP contribution < -0.4 is 4.90 Å². The van der Waals surface area contributed by atoms with Gasteiger partial charge in [-0.05, 0) is 29.8 Å². The predicted octanol–water partition coefficient (Wildman–Crippen LogP) is 4.13. The highest BCUT2D eigenvalue weighted by atomic mass is 16.6. The summed E-state index contributed by atoms with van der Waals surface area (Å²) in [5.74, 6) is -2.29. The van der Waals surface area contributed by atoms with Crippen LogP contribution in [0.3, 0.4) is 0 Å². The van der Waals surface area contributed by atoms with Crippen molar-refractivity contribution in [1.82, 2.24) is 0 Å². The first-order valence-corrected chi connectivity index (χ1v) is 9.65. The van der Waals surface area contributed by atoms with E-state index in [1.807, 2.05) is 0 Å². The van der Waals surface area contributed by atoms with Gasteiger partial charge < -0.3 is 5.11 Å². The molecule has 1 unspecified atom stereocenters. The smallest absolute Gasteiger partial charge is 0.300 e. The van der Waals surface area contributed by atoms with Crippen molar-refractivity contribution in [3.05, 3.63) is 116 Å². The molecule has 1 amide bonds. The zero-order valence-corrected chi connectivity index (χ0v) is 16.8. The molecule has 3 aromatic carbocycles. The Balaban J connectivity index is 1.91. The summed E-state index contributed by atoms with van der Waals surface area (Å²) in [7, 11) is 0. The molecule has 4 rings (SSSR count). The topological polar surface area (TPSA) is 144 Å². The molecular weight excluding hydrogens is 430 g/mol. The second-order valence-corrected chi connectivity index (χ2v) is 7.16. The number of rotatable bonds is 5. The van der Waals surface area contributed by atoms with E-state index in [1.165, 1.54) is 48.5 Å². The van der Waals surface area contributed by atoms with Crippen LogP contribution in [0.5, 0.6) is 0 Å². The molecule has 10 heteroatoms. The molecule has 0 spiro atoms. The second-order valence-electron chi connectivity index (χ2n) is 7.16. The van der Waals surface area contributed by atoms with Gasteiger partial charge in [-0.3, -0.25) is 34.7 Å². The summed E-state index contributed by atoms with van der Waals surface area (Å²) >= 11 is 0. The predicted molar refractivity (Wildman–Crippen MR) is 117 cm³/mol. The third kappa shape index (κ3) is 3.81. The fraction of sp³-hybridized carbons (Fsp3) is 0.0435. The number of non-ortho nitro benzene ring substituents is 2. The zero-order chi connectivity index (χ0) is 23.7. The summed E-state index contributed by atoms with van der Waals surface area (Å²) < 4.78 is 0. The first-order valence-electron chi connectivity index (χ1n) is 9.65. The molecule has 0 bridgehead atoms. The average molecular weight is 445 g/mol. The first-order chi connectivity index (χ1) is 15.8. The van der Waals surface area contributed by atoms with Crippen molar-refractivity contribution in [1.29, 1.82) is 0 Å². The lowest BCUT2D eigenvalue weighted by molar-refractivity contribution is -0.385. The molecule has 1 fully saturated rings. The Labute approximate surface area is 186 Å². The minimum atomic E-state index is -1.10. The number of hydrogen-bond acceptors (Lipinski definition) is 7. The number of anilines is 1. The Morgan fingerprint density at radius 3 is 1.82 bits per heavy atom. The number of aliphatic hydroxyl groups is 1. The second kappa shape index (κ2) is 8.35. The maximum absolute atomic E-state index is 13.0. The molecule has 1 aliphatic heterocycles. The van der Waals surface area contributed by atoms with Gasteiger partial charge in [-0.2, -0.15) is 0 Å². The highest BCUT2D eigenvalue weighted by Crippen LogP contribution is 2.42. The highest BCUT2D eigenvalue weighted by molar-refractivity contribution is 6.51. The molecule has 0 aliphatic carbocycles. The number of ketones is 1. The number of carbonyl (C=O) groups excluding carboxylic acids is 2. The summed E-state index contributed by atoms with van der Waals surface area (Å²) in [4.78, 5) is 48.0. The summed E-state index contributed by atoms with van der Waals surface area (Å²) in [6, 6.07) is 17.4. The molecule has 33 heavy (non-hydrogen) atoms. The van der Waals surface area contributed by atoms with E-state index in [2.05, 4.69) is 0 Å². The Morgan fingerprint density at radius 2 is 1.30 bits per heavy atom. The molecule has 10 nitrogen and oxygen atoms in total. The van der Waals surface area contributed by atoms with Crippen LogP contribution in [-0.4, -0.2) is 26.6 Å². The molecular formula is C23H15N3O7. The third-order valence-corrected chi connectivity index (χ3v) is 5.25. The largest absolute Gasteiger partial charge is 0.507 e. The molecule has 1 saturated heterocycles. The number of nitro groups is 2. The van der Waals surface area contributed by atoms with Crippen molar-refractivity contribution in [2.75, 3.05) is 4.90 Å². The molecule has 0 aromatic heterocycles. The number of benzene rings is 3. The Hall–Kier alpha value is -4.86. The molecule has 1 atom stereocenters. The standard InChI is InChI=1S/C23H15N3O7/c27-21(15-4-2-1-3-5-15)19-20(14-6-8-17(9-7-14)25(30)31)24(23(29)22(19)28)16-10-12-18(13-11-16)26(32)33/h1-13,20,27H/b21-19+. The van der Waals surface area contributed by atoms with Crippen molar-refractivity contribution < 1.29 is 24.5 Å². The molecule has 0 radical (unpaired) electrons. The van der Waals surface area contributed by atoms with Gasteiger partial charge in [0.15, 0.2) is 0 Å². The maximum atomic E-state index is 13.0. The molecule has 3 aromatic rings. The van der Waals surface area contributed by atoms with Crippen LogP contribution in [0.15, 0.2) is 84.4 Å². The fourth-order valence-corrected chi connectivity index (χ4v) is 3.68. The number of nitrogens with zero attached hydrogens (tertiary/aromatic N) is 3. The summed E-state index contributed by atoms with van der Waals surface area (Å²) in [6.45, 7) is 0. The van der Waals surface area contributed by atoms with Gasteiger partial charge in [0.2, 0.25) is 0 Å². The number of amides is 1. The normalized spacial score (nSPS) is 17.2. The van der Waals surface area contributed by atoms with Crippen molar-refractivity contribution in [2.24, 2.45) is 0 Å². The Morgan fingerprint density at radius 1 is 0.788 bits per heavy atom. The molecule has 164 valence electrons. The number of aliphatic hydroxyl groups excluding tert-OH is 1. The molecule has 1 aliphatic rings. The lowest BCUT2D eigenvalue weighted by Gasteiger charge is -2.25. The van der Waals surface area contributed by atoms with Crippen molar-refractivity contribution >= 4 is 34.5 Å². The van der Waals surface area contributed by atoms with E-state index in [4.69, 9.17) is 0 Å².